The zero-order valence-electron chi connectivity index (χ0n) is 14.8. The molecule has 8 heteroatoms. The van der Waals surface area contributed by atoms with Crippen LogP contribution in [0.25, 0.3) is 11.3 Å². The Bertz CT molecular complexity index is 1030. The molecule has 7 nitrogen and oxygen atoms in total. The minimum Gasteiger partial charge on any atom is -0.496 e. The van der Waals surface area contributed by atoms with Crippen LogP contribution in [0.3, 0.4) is 0 Å². The van der Waals surface area contributed by atoms with Gasteiger partial charge in [-0.05, 0) is 48.4 Å². The molecule has 0 unspecified atom stereocenters. The van der Waals surface area contributed by atoms with Crippen LogP contribution in [-0.2, 0) is 23.6 Å². The third kappa shape index (κ3) is 3.76. The molecule has 0 aliphatic heterocycles. The van der Waals surface area contributed by atoms with Gasteiger partial charge in [-0.25, -0.2) is 13.1 Å². The van der Waals surface area contributed by atoms with Crippen molar-refractivity contribution < 1.29 is 13.2 Å². The van der Waals surface area contributed by atoms with E-state index >= 15 is 0 Å². The summed E-state index contributed by atoms with van der Waals surface area (Å²) in [6.07, 6.45) is 5.07. The van der Waals surface area contributed by atoms with E-state index in [0.29, 0.717) is 5.75 Å². The summed E-state index contributed by atoms with van der Waals surface area (Å²) >= 11 is 0. The number of nitrogens with one attached hydrogen (secondary N) is 1. The lowest BCUT2D eigenvalue weighted by Gasteiger charge is -2.10. The highest BCUT2D eigenvalue weighted by atomic mass is 32.2. The van der Waals surface area contributed by atoms with Crippen LogP contribution in [0, 0.1) is 6.92 Å². The SMILES string of the molecule is COc1ccc(S(=O)(=O)NCc2cncc(-c3ccnn3C)c2)cc1C. The molecule has 0 amide bonds. The molecule has 3 aromatic rings. The fraction of sp³-hybridized carbons (Fsp3) is 0.222. The average molecular weight is 372 g/mol. The number of methoxy groups -OCH3 is 1. The Morgan fingerprint density at radius 2 is 2.00 bits per heavy atom. The van der Waals surface area contributed by atoms with Crippen LogP contribution >= 0.6 is 0 Å². The molecule has 1 aromatic carbocycles. The zero-order chi connectivity index (χ0) is 18.7. The summed E-state index contributed by atoms with van der Waals surface area (Å²) in [4.78, 5) is 4.40. The second-order valence-corrected chi connectivity index (χ2v) is 7.64. The molecule has 0 atom stereocenters. The molecule has 0 saturated heterocycles. The molecular weight excluding hydrogens is 352 g/mol. The zero-order valence-corrected chi connectivity index (χ0v) is 15.6. The predicted octanol–water partition coefficient (Wildman–Crippen LogP) is 2.28. The molecule has 0 saturated carbocycles. The molecule has 136 valence electrons. The first-order chi connectivity index (χ1) is 12.4. The maximum atomic E-state index is 12.5. The first kappa shape index (κ1) is 18.1. The molecule has 3 rings (SSSR count). The van der Waals surface area contributed by atoms with E-state index in [1.807, 2.05) is 19.2 Å². The van der Waals surface area contributed by atoms with Crippen molar-refractivity contribution in [3.63, 3.8) is 0 Å². The minimum absolute atomic E-state index is 0.145. The molecule has 0 fully saturated rings. The quantitative estimate of drug-likeness (QED) is 0.717. The Hall–Kier alpha value is -2.71. The van der Waals surface area contributed by atoms with E-state index in [-0.39, 0.29) is 11.4 Å². The molecule has 26 heavy (non-hydrogen) atoms. The molecule has 0 aliphatic rings. The van der Waals surface area contributed by atoms with Crippen molar-refractivity contribution in [1.82, 2.24) is 19.5 Å². The van der Waals surface area contributed by atoms with Gasteiger partial charge < -0.3 is 4.74 Å². The average Bonchev–Trinajstić information content (AvgIpc) is 3.06. The van der Waals surface area contributed by atoms with Crippen LogP contribution in [0.5, 0.6) is 5.75 Å². The second kappa shape index (κ2) is 7.27. The van der Waals surface area contributed by atoms with E-state index < -0.39 is 10.0 Å². The van der Waals surface area contributed by atoms with Gasteiger partial charge in [-0.2, -0.15) is 5.10 Å². The monoisotopic (exact) mass is 372 g/mol. The maximum absolute atomic E-state index is 12.5. The summed E-state index contributed by atoms with van der Waals surface area (Å²) < 4.78 is 34.6. The molecule has 1 N–H and O–H groups in total. The van der Waals surface area contributed by atoms with Crippen molar-refractivity contribution in [2.75, 3.05) is 7.11 Å². The number of hydrogen-bond acceptors (Lipinski definition) is 5. The van der Waals surface area contributed by atoms with Crippen LogP contribution < -0.4 is 9.46 Å². The summed E-state index contributed by atoms with van der Waals surface area (Å²) in [6.45, 7) is 1.95. The van der Waals surface area contributed by atoms with Crippen LogP contribution in [0.15, 0.2) is 53.8 Å². The van der Waals surface area contributed by atoms with Gasteiger partial charge in [0.1, 0.15) is 5.75 Å². The molecule has 2 heterocycles. The summed E-state index contributed by atoms with van der Waals surface area (Å²) in [7, 11) is -0.235. The molecule has 0 spiro atoms. The van der Waals surface area contributed by atoms with Crippen LogP contribution in [0.2, 0.25) is 0 Å². The van der Waals surface area contributed by atoms with Crippen molar-refractivity contribution in [3.8, 4) is 17.0 Å². The summed E-state index contributed by atoms with van der Waals surface area (Å²) in [5, 5.41) is 4.14. The lowest BCUT2D eigenvalue weighted by atomic mass is 10.1. The van der Waals surface area contributed by atoms with Crippen LogP contribution in [0.1, 0.15) is 11.1 Å². The molecule has 2 aromatic heterocycles. The number of rotatable bonds is 6. The van der Waals surface area contributed by atoms with E-state index in [9.17, 15) is 8.42 Å². The number of sulfonamides is 1. The van der Waals surface area contributed by atoms with Crippen molar-refractivity contribution in [1.29, 1.82) is 0 Å². The lowest BCUT2D eigenvalue weighted by Crippen LogP contribution is -2.23. The fourth-order valence-electron chi connectivity index (χ4n) is 2.66. The van der Waals surface area contributed by atoms with E-state index in [4.69, 9.17) is 4.74 Å². The van der Waals surface area contributed by atoms with Gasteiger partial charge in [-0.3, -0.25) is 9.67 Å². The van der Waals surface area contributed by atoms with Crippen LogP contribution in [0.4, 0.5) is 0 Å². The Morgan fingerprint density at radius 3 is 2.65 bits per heavy atom. The predicted molar refractivity (Wildman–Crippen MR) is 98.2 cm³/mol. The smallest absolute Gasteiger partial charge is 0.240 e. The van der Waals surface area contributed by atoms with Gasteiger partial charge in [-0.15, -0.1) is 0 Å². The summed E-state index contributed by atoms with van der Waals surface area (Å²) in [5.74, 6) is 0.650. The van der Waals surface area contributed by atoms with Gasteiger partial charge in [0.25, 0.3) is 0 Å². The summed E-state index contributed by atoms with van der Waals surface area (Å²) in [6, 6.07) is 8.54. The minimum atomic E-state index is -3.63. The normalized spacial score (nSPS) is 11.5. The standard InChI is InChI=1S/C18H20N4O3S/c1-13-8-16(4-5-18(13)25-3)26(23,24)21-11-14-9-15(12-19-10-14)17-6-7-20-22(17)2/h4-10,12,21H,11H2,1-3H3. The number of hydrogen-bond donors (Lipinski definition) is 1. The van der Waals surface area contributed by atoms with Crippen LogP contribution in [-0.4, -0.2) is 30.3 Å². The van der Waals surface area contributed by atoms with Gasteiger partial charge in [0, 0.05) is 37.7 Å². The summed E-state index contributed by atoms with van der Waals surface area (Å²) in [5.41, 5.74) is 3.31. The van der Waals surface area contributed by atoms with Gasteiger partial charge in [0.05, 0.1) is 17.7 Å². The van der Waals surface area contributed by atoms with Gasteiger partial charge in [-0.1, -0.05) is 0 Å². The van der Waals surface area contributed by atoms with E-state index in [0.717, 1.165) is 22.4 Å². The van der Waals surface area contributed by atoms with Crippen molar-refractivity contribution in [2.45, 2.75) is 18.4 Å². The van der Waals surface area contributed by atoms with Crippen molar-refractivity contribution in [2.24, 2.45) is 7.05 Å². The van der Waals surface area contributed by atoms with Gasteiger partial charge in [0.15, 0.2) is 0 Å². The van der Waals surface area contributed by atoms with Gasteiger partial charge in [0.2, 0.25) is 10.0 Å². The number of pyridine rings is 1. The third-order valence-electron chi connectivity index (χ3n) is 4.05. The number of nitrogens with zero attached hydrogens (tertiary/aromatic N) is 3. The maximum Gasteiger partial charge on any atom is 0.240 e. The number of aryl methyl sites for hydroxylation is 2. The Balaban J connectivity index is 1.78. The highest BCUT2D eigenvalue weighted by Crippen LogP contribution is 2.22. The molecule has 0 bridgehead atoms. The first-order valence-electron chi connectivity index (χ1n) is 7.97. The topological polar surface area (TPSA) is 86.1 Å². The first-order valence-corrected chi connectivity index (χ1v) is 9.45. The van der Waals surface area contributed by atoms with Crippen molar-refractivity contribution in [3.05, 3.63) is 60.0 Å². The molecule has 0 aliphatic carbocycles. The highest BCUT2D eigenvalue weighted by molar-refractivity contribution is 7.89. The highest BCUT2D eigenvalue weighted by Gasteiger charge is 2.15. The Morgan fingerprint density at radius 1 is 1.19 bits per heavy atom. The second-order valence-electron chi connectivity index (χ2n) is 5.88. The largest absolute Gasteiger partial charge is 0.496 e. The van der Waals surface area contributed by atoms with Crippen molar-refractivity contribution >= 4 is 10.0 Å². The third-order valence-corrected chi connectivity index (χ3v) is 5.45. The number of aromatic nitrogens is 3. The van der Waals surface area contributed by atoms with E-state index in [1.54, 1.807) is 49.4 Å². The molecular formula is C18H20N4O3S. The molecule has 0 radical (unpaired) electrons. The Labute approximate surface area is 152 Å². The number of benzene rings is 1. The number of ether oxygens (including phenoxy) is 1. The van der Waals surface area contributed by atoms with Gasteiger partial charge >= 0.3 is 0 Å². The van der Waals surface area contributed by atoms with E-state index in [1.165, 1.54) is 6.07 Å². The Kier molecular flexibility index (Phi) is 5.06. The van der Waals surface area contributed by atoms with E-state index in [2.05, 4.69) is 14.8 Å². The lowest BCUT2D eigenvalue weighted by molar-refractivity contribution is 0.411. The fourth-order valence-corrected chi connectivity index (χ4v) is 3.76.